The first kappa shape index (κ1) is 15.9. The van der Waals surface area contributed by atoms with Crippen molar-refractivity contribution in [3.63, 3.8) is 0 Å². The van der Waals surface area contributed by atoms with Gasteiger partial charge in [0.2, 0.25) is 0 Å². The first-order valence-electron chi connectivity index (χ1n) is 8.49. The molecule has 7 heteroatoms. The number of benzene rings is 2. The van der Waals surface area contributed by atoms with Gasteiger partial charge in [-0.15, -0.1) is 0 Å². The average molecular weight is 368 g/mol. The SMILES string of the molecule is CC1(C)Oc2c(O)cc(O)c3c2C1Cc1c-3oc2cc(O)cc(O)c2c1=O. The molecule has 0 spiro atoms. The van der Waals surface area contributed by atoms with E-state index in [1.54, 1.807) is 0 Å². The Hall–Kier alpha value is -3.35. The Kier molecular flexibility index (Phi) is 2.75. The number of phenolic OH excluding ortho intramolecular Hbond substituents is 4. The molecule has 138 valence electrons. The Morgan fingerprint density at radius 2 is 1.78 bits per heavy atom. The van der Waals surface area contributed by atoms with Gasteiger partial charge in [0.25, 0.3) is 0 Å². The smallest absolute Gasteiger partial charge is 0.200 e. The third-order valence-corrected chi connectivity index (χ3v) is 5.52. The lowest BCUT2D eigenvalue weighted by Gasteiger charge is -2.30. The summed E-state index contributed by atoms with van der Waals surface area (Å²) < 4.78 is 11.8. The van der Waals surface area contributed by atoms with Crippen LogP contribution in [0.2, 0.25) is 0 Å². The van der Waals surface area contributed by atoms with E-state index in [2.05, 4.69) is 0 Å². The molecule has 0 saturated carbocycles. The lowest BCUT2D eigenvalue weighted by Crippen LogP contribution is -2.34. The van der Waals surface area contributed by atoms with E-state index in [0.717, 1.165) is 12.1 Å². The van der Waals surface area contributed by atoms with Crippen LogP contribution in [0.25, 0.3) is 22.3 Å². The molecule has 4 N–H and O–H groups in total. The number of phenols is 4. The predicted octanol–water partition coefficient (Wildman–Crippen LogP) is 3.09. The fourth-order valence-electron chi connectivity index (χ4n) is 4.28. The van der Waals surface area contributed by atoms with E-state index in [9.17, 15) is 25.2 Å². The summed E-state index contributed by atoms with van der Waals surface area (Å²) >= 11 is 0. The standard InChI is InChI=1S/C20H16O7/c1-20(2)9-5-8-17(25)15-10(22)3-7(21)4-13(15)26-18(8)16-11(23)6-12(24)19(27-20)14(9)16/h3-4,6,9,21-24H,5H2,1-2H3. The van der Waals surface area contributed by atoms with E-state index in [-0.39, 0.29) is 57.8 Å². The Balaban J connectivity index is 1.95. The van der Waals surface area contributed by atoms with Gasteiger partial charge in [-0.3, -0.25) is 4.79 Å². The summed E-state index contributed by atoms with van der Waals surface area (Å²) in [6, 6.07) is 3.48. The Labute approximate surface area is 152 Å². The summed E-state index contributed by atoms with van der Waals surface area (Å²) in [4.78, 5) is 13.1. The van der Waals surface area contributed by atoms with Gasteiger partial charge in [0.15, 0.2) is 16.9 Å². The van der Waals surface area contributed by atoms with Crippen LogP contribution in [-0.2, 0) is 6.42 Å². The zero-order chi connectivity index (χ0) is 19.2. The van der Waals surface area contributed by atoms with E-state index < -0.39 is 11.0 Å². The maximum atomic E-state index is 13.1. The van der Waals surface area contributed by atoms with E-state index in [1.165, 1.54) is 6.07 Å². The number of hydrogen-bond donors (Lipinski definition) is 4. The molecule has 0 fully saturated rings. The van der Waals surface area contributed by atoms with Crippen LogP contribution in [0.1, 0.15) is 30.9 Å². The quantitative estimate of drug-likeness (QED) is 0.481. The highest BCUT2D eigenvalue weighted by Crippen LogP contribution is 2.59. The molecule has 1 unspecified atom stereocenters. The molecule has 5 rings (SSSR count). The number of fused-ring (bicyclic) bond motifs is 3. The summed E-state index contributed by atoms with van der Waals surface area (Å²) in [7, 11) is 0. The Morgan fingerprint density at radius 1 is 1.04 bits per heavy atom. The summed E-state index contributed by atoms with van der Waals surface area (Å²) in [6.45, 7) is 3.70. The minimum atomic E-state index is -0.710. The molecule has 0 radical (unpaired) electrons. The zero-order valence-corrected chi connectivity index (χ0v) is 14.5. The second-order valence-corrected chi connectivity index (χ2v) is 7.57. The highest BCUT2D eigenvalue weighted by Gasteiger charge is 2.49. The minimum absolute atomic E-state index is 0.00843. The predicted molar refractivity (Wildman–Crippen MR) is 95.7 cm³/mol. The molecule has 1 aliphatic heterocycles. The van der Waals surface area contributed by atoms with E-state index in [1.807, 2.05) is 13.8 Å². The van der Waals surface area contributed by atoms with Gasteiger partial charge < -0.3 is 29.6 Å². The zero-order valence-electron chi connectivity index (χ0n) is 14.5. The monoisotopic (exact) mass is 368 g/mol. The normalized spacial score (nSPS) is 18.8. The molecule has 2 heterocycles. The maximum absolute atomic E-state index is 13.1. The minimum Gasteiger partial charge on any atom is -0.508 e. The third kappa shape index (κ3) is 1.88. The summed E-state index contributed by atoms with van der Waals surface area (Å²) in [5, 5.41) is 40.6. The average Bonchev–Trinajstić information content (AvgIpc) is 2.83. The van der Waals surface area contributed by atoms with Crippen molar-refractivity contribution in [1.82, 2.24) is 0 Å². The summed E-state index contributed by atoms with van der Waals surface area (Å²) in [6.07, 6.45) is 0.268. The van der Waals surface area contributed by atoms with Gasteiger partial charge in [-0.05, 0) is 20.3 Å². The molecule has 7 nitrogen and oxygen atoms in total. The Bertz CT molecular complexity index is 1220. The largest absolute Gasteiger partial charge is 0.508 e. The van der Waals surface area contributed by atoms with Crippen molar-refractivity contribution in [2.24, 2.45) is 0 Å². The molecular formula is C20H16O7. The van der Waals surface area contributed by atoms with Crippen molar-refractivity contribution in [2.75, 3.05) is 0 Å². The van der Waals surface area contributed by atoms with Gasteiger partial charge in [0.1, 0.15) is 39.6 Å². The molecule has 1 aromatic heterocycles. The van der Waals surface area contributed by atoms with Crippen molar-refractivity contribution >= 4 is 11.0 Å². The van der Waals surface area contributed by atoms with Crippen LogP contribution < -0.4 is 10.2 Å². The summed E-state index contributed by atoms with van der Waals surface area (Å²) in [5.74, 6) is -0.887. The fourth-order valence-corrected chi connectivity index (χ4v) is 4.28. The molecule has 1 atom stereocenters. The van der Waals surface area contributed by atoms with Gasteiger partial charge in [0, 0.05) is 35.2 Å². The maximum Gasteiger partial charge on any atom is 0.200 e. The van der Waals surface area contributed by atoms with Crippen LogP contribution in [0.3, 0.4) is 0 Å². The van der Waals surface area contributed by atoms with Crippen LogP contribution >= 0.6 is 0 Å². The van der Waals surface area contributed by atoms with E-state index >= 15 is 0 Å². The Morgan fingerprint density at radius 3 is 2.52 bits per heavy atom. The first-order chi connectivity index (χ1) is 12.7. The molecule has 0 saturated heterocycles. The van der Waals surface area contributed by atoms with Crippen molar-refractivity contribution in [2.45, 2.75) is 31.8 Å². The second-order valence-electron chi connectivity index (χ2n) is 7.57. The van der Waals surface area contributed by atoms with Crippen LogP contribution in [0.5, 0.6) is 28.7 Å². The molecule has 27 heavy (non-hydrogen) atoms. The van der Waals surface area contributed by atoms with Crippen LogP contribution in [0.15, 0.2) is 27.4 Å². The number of ether oxygens (including phenoxy) is 1. The van der Waals surface area contributed by atoms with E-state index in [4.69, 9.17) is 9.15 Å². The molecule has 0 amide bonds. The van der Waals surface area contributed by atoms with E-state index in [0.29, 0.717) is 16.7 Å². The number of aromatic hydroxyl groups is 4. The molecule has 3 aromatic rings. The highest BCUT2D eigenvalue weighted by atomic mass is 16.5. The van der Waals surface area contributed by atoms with Crippen LogP contribution in [-0.4, -0.2) is 26.0 Å². The molecular weight excluding hydrogens is 352 g/mol. The molecule has 1 aliphatic carbocycles. The molecule has 2 aromatic carbocycles. The highest BCUT2D eigenvalue weighted by molar-refractivity contribution is 5.90. The second kappa shape index (κ2) is 4.68. The van der Waals surface area contributed by atoms with Gasteiger partial charge in [-0.25, -0.2) is 0 Å². The van der Waals surface area contributed by atoms with Crippen molar-refractivity contribution in [1.29, 1.82) is 0 Å². The van der Waals surface area contributed by atoms with Gasteiger partial charge in [-0.1, -0.05) is 0 Å². The lowest BCUT2D eigenvalue weighted by molar-refractivity contribution is 0.106. The summed E-state index contributed by atoms with van der Waals surface area (Å²) in [5.41, 5.74) is 0.0726. The van der Waals surface area contributed by atoms with Crippen molar-refractivity contribution in [3.8, 4) is 40.1 Å². The number of hydrogen-bond acceptors (Lipinski definition) is 7. The van der Waals surface area contributed by atoms with Crippen LogP contribution in [0, 0.1) is 0 Å². The van der Waals surface area contributed by atoms with Crippen molar-refractivity contribution < 1.29 is 29.6 Å². The third-order valence-electron chi connectivity index (χ3n) is 5.52. The molecule has 0 bridgehead atoms. The number of rotatable bonds is 0. The topological polar surface area (TPSA) is 120 Å². The van der Waals surface area contributed by atoms with Gasteiger partial charge in [-0.2, -0.15) is 0 Å². The van der Waals surface area contributed by atoms with Crippen molar-refractivity contribution in [3.05, 3.63) is 39.5 Å². The van der Waals surface area contributed by atoms with Gasteiger partial charge >= 0.3 is 0 Å². The fraction of sp³-hybridized carbons (Fsp3) is 0.250. The van der Waals surface area contributed by atoms with Gasteiger partial charge in [0.05, 0.1) is 5.56 Å². The van der Waals surface area contributed by atoms with Crippen LogP contribution in [0.4, 0.5) is 0 Å². The first-order valence-corrected chi connectivity index (χ1v) is 8.49. The lowest BCUT2D eigenvalue weighted by atomic mass is 9.75. The molecule has 2 aliphatic rings.